The molecular formula is C37H39Cl2N3O4S. The molecule has 0 unspecified atom stereocenters. The quantitative estimate of drug-likeness (QED) is 0.167. The Balaban J connectivity index is 1.59. The smallest absolute Gasteiger partial charge is 0.264 e. The van der Waals surface area contributed by atoms with Crippen LogP contribution in [0.4, 0.5) is 5.69 Å². The highest BCUT2D eigenvalue weighted by molar-refractivity contribution is 7.92. The summed E-state index contributed by atoms with van der Waals surface area (Å²) in [7, 11) is -4.20. The lowest BCUT2D eigenvalue weighted by Crippen LogP contribution is -2.54. The van der Waals surface area contributed by atoms with Crippen molar-refractivity contribution < 1.29 is 18.0 Å². The highest BCUT2D eigenvalue weighted by Gasteiger charge is 2.36. The van der Waals surface area contributed by atoms with Crippen LogP contribution >= 0.6 is 23.2 Å². The van der Waals surface area contributed by atoms with Crippen molar-refractivity contribution in [3.63, 3.8) is 0 Å². The number of nitrogens with zero attached hydrogens (tertiary/aromatic N) is 2. The molecule has 0 saturated heterocycles. The van der Waals surface area contributed by atoms with Gasteiger partial charge in [-0.05, 0) is 74.2 Å². The van der Waals surface area contributed by atoms with Crippen LogP contribution in [0.25, 0.3) is 0 Å². The van der Waals surface area contributed by atoms with Crippen LogP contribution in [0.1, 0.15) is 47.9 Å². The normalized spacial score (nSPS) is 14.0. The summed E-state index contributed by atoms with van der Waals surface area (Å²) >= 11 is 13.2. The van der Waals surface area contributed by atoms with Crippen molar-refractivity contribution in [2.45, 2.75) is 69.5 Å². The topological polar surface area (TPSA) is 86.8 Å². The fourth-order valence-corrected chi connectivity index (χ4v) is 7.85. The average Bonchev–Trinajstić information content (AvgIpc) is 3.56. The van der Waals surface area contributed by atoms with Gasteiger partial charge in [0.25, 0.3) is 10.0 Å². The fourth-order valence-electron chi connectivity index (χ4n) is 5.92. The summed E-state index contributed by atoms with van der Waals surface area (Å²) in [6, 6.07) is 27.1. The largest absolute Gasteiger partial charge is 0.352 e. The summed E-state index contributed by atoms with van der Waals surface area (Å²) in [4.78, 5) is 30.3. The Bertz CT molecular complexity index is 1790. The lowest BCUT2D eigenvalue weighted by atomic mass is 10.0. The van der Waals surface area contributed by atoms with E-state index in [1.54, 1.807) is 48.5 Å². The maximum absolute atomic E-state index is 14.7. The number of carbonyl (C=O) groups is 2. The summed E-state index contributed by atoms with van der Waals surface area (Å²) in [6.45, 7) is 3.08. The summed E-state index contributed by atoms with van der Waals surface area (Å²) in [5.74, 6) is -0.874. The third-order valence-corrected chi connectivity index (χ3v) is 11.0. The van der Waals surface area contributed by atoms with Gasteiger partial charge in [0.1, 0.15) is 12.6 Å². The molecule has 2 amide bonds. The van der Waals surface area contributed by atoms with Gasteiger partial charge in [0, 0.05) is 34.6 Å². The monoisotopic (exact) mass is 691 g/mol. The number of rotatable bonds is 12. The third-order valence-electron chi connectivity index (χ3n) is 8.54. The van der Waals surface area contributed by atoms with E-state index in [1.165, 1.54) is 17.0 Å². The Morgan fingerprint density at radius 2 is 1.47 bits per heavy atom. The van der Waals surface area contributed by atoms with Crippen LogP contribution in [0.5, 0.6) is 0 Å². The summed E-state index contributed by atoms with van der Waals surface area (Å²) in [5, 5.41) is 3.85. The number of hydrogen-bond donors (Lipinski definition) is 1. The van der Waals surface area contributed by atoms with Gasteiger partial charge in [0.05, 0.1) is 10.6 Å². The van der Waals surface area contributed by atoms with Crippen LogP contribution < -0.4 is 9.62 Å². The summed E-state index contributed by atoms with van der Waals surface area (Å²) < 4.78 is 29.6. The van der Waals surface area contributed by atoms with E-state index in [0.29, 0.717) is 21.3 Å². The molecule has 0 bridgehead atoms. The van der Waals surface area contributed by atoms with Crippen LogP contribution in [0, 0.1) is 13.8 Å². The molecule has 0 heterocycles. The number of anilines is 1. The van der Waals surface area contributed by atoms with Gasteiger partial charge in [-0.1, -0.05) is 102 Å². The standard InChI is InChI=1S/C37H39Cl2N3O4S/c1-26-18-20-31(21-19-26)47(45,46)42(30-15-8-10-27(2)22-30)25-36(43)41(24-32-33(38)16-9-17-34(32)39)35(23-28-11-4-3-5-12-28)37(44)40-29-13-6-7-14-29/h3-5,8-12,15-22,29,35H,6-7,13-14,23-25H2,1-2H3,(H,40,44)/t35-/m0/s1. The molecule has 1 N–H and O–H groups in total. The number of hydrogen-bond acceptors (Lipinski definition) is 4. The van der Waals surface area contributed by atoms with E-state index < -0.39 is 28.5 Å². The number of amides is 2. The van der Waals surface area contributed by atoms with E-state index in [-0.39, 0.29) is 29.8 Å². The van der Waals surface area contributed by atoms with Gasteiger partial charge in [-0.25, -0.2) is 8.42 Å². The molecule has 47 heavy (non-hydrogen) atoms. The zero-order chi connectivity index (χ0) is 33.6. The molecule has 4 aromatic carbocycles. The second-order valence-electron chi connectivity index (χ2n) is 12.1. The van der Waals surface area contributed by atoms with Gasteiger partial charge < -0.3 is 10.2 Å². The Labute approximate surface area is 287 Å². The molecule has 246 valence electrons. The number of benzene rings is 4. The summed E-state index contributed by atoms with van der Waals surface area (Å²) in [6.07, 6.45) is 3.99. The number of sulfonamides is 1. The molecule has 0 aliphatic heterocycles. The van der Waals surface area contributed by atoms with E-state index in [2.05, 4.69) is 5.32 Å². The van der Waals surface area contributed by atoms with Crippen molar-refractivity contribution in [1.29, 1.82) is 0 Å². The van der Waals surface area contributed by atoms with Crippen LogP contribution in [0.2, 0.25) is 10.0 Å². The van der Waals surface area contributed by atoms with Crippen molar-refractivity contribution in [1.82, 2.24) is 10.2 Å². The molecule has 0 spiro atoms. The van der Waals surface area contributed by atoms with Crippen molar-refractivity contribution in [3.05, 3.63) is 129 Å². The first-order valence-corrected chi connectivity index (χ1v) is 18.0. The summed E-state index contributed by atoms with van der Waals surface area (Å²) in [5.41, 5.74) is 3.40. The minimum absolute atomic E-state index is 0.00679. The molecule has 1 fully saturated rings. The van der Waals surface area contributed by atoms with Gasteiger partial charge in [0.15, 0.2) is 0 Å². The van der Waals surface area contributed by atoms with E-state index in [4.69, 9.17) is 23.2 Å². The molecule has 1 saturated carbocycles. The second-order valence-corrected chi connectivity index (χ2v) is 14.8. The Morgan fingerprint density at radius 3 is 2.11 bits per heavy atom. The van der Waals surface area contributed by atoms with Crippen molar-refractivity contribution in [3.8, 4) is 0 Å². The number of nitrogens with one attached hydrogen (secondary N) is 1. The van der Waals surface area contributed by atoms with E-state index >= 15 is 0 Å². The predicted octanol–water partition coefficient (Wildman–Crippen LogP) is 7.50. The van der Waals surface area contributed by atoms with E-state index in [1.807, 2.05) is 50.2 Å². The van der Waals surface area contributed by atoms with Crippen LogP contribution in [0.3, 0.4) is 0 Å². The van der Waals surface area contributed by atoms with Gasteiger partial charge in [-0.2, -0.15) is 0 Å². The lowest BCUT2D eigenvalue weighted by Gasteiger charge is -2.34. The maximum Gasteiger partial charge on any atom is 0.264 e. The first-order valence-electron chi connectivity index (χ1n) is 15.8. The van der Waals surface area contributed by atoms with Crippen molar-refractivity contribution in [2.24, 2.45) is 0 Å². The average molecular weight is 693 g/mol. The number of carbonyl (C=O) groups excluding carboxylic acids is 2. The minimum Gasteiger partial charge on any atom is -0.352 e. The van der Waals surface area contributed by atoms with Gasteiger partial charge in [0.2, 0.25) is 11.8 Å². The van der Waals surface area contributed by atoms with Crippen molar-refractivity contribution in [2.75, 3.05) is 10.8 Å². The van der Waals surface area contributed by atoms with Gasteiger partial charge in [-0.3, -0.25) is 13.9 Å². The molecule has 4 aromatic rings. The fraction of sp³-hybridized carbons (Fsp3) is 0.297. The molecule has 0 radical (unpaired) electrons. The van der Waals surface area contributed by atoms with Gasteiger partial charge in [-0.15, -0.1) is 0 Å². The molecule has 1 atom stereocenters. The van der Waals surface area contributed by atoms with Crippen molar-refractivity contribution >= 4 is 50.7 Å². The zero-order valence-electron chi connectivity index (χ0n) is 26.5. The Kier molecular flexibility index (Phi) is 11.3. The van der Waals surface area contributed by atoms with Gasteiger partial charge >= 0.3 is 0 Å². The maximum atomic E-state index is 14.7. The highest BCUT2D eigenvalue weighted by atomic mass is 35.5. The lowest BCUT2D eigenvalue weighted by molar-refractivity contribution is -0.140. The van der Waals surface area contributed by atoms with Crippen LogP contribution in [-0.4, -0.2) is 43.8 Å². The predicted molar refractivity (Wildman–Crippen MR) is 188 cm³/mol. The Hall–Kier alpha value is -3.85. The first kappa shape index (κ1) is 34.5. The van der Waals surface area contributed by atoms with E-state index in [9.17, 15) is 18.0 Å². The molecule has 0 aromatic heterocycles. The van der Waals surface area contributed by atoms with Crippen LogP contribution in [-0.2, 0) is 32.6 Å². The zero-order valence-corrected chi connectivity index (χ0v) is 28.9. The second kappa shape index (κ2) is 15.4. The SMILES string of the molecule is Cc1ccc(S(=O)(=O)N(CC(=O)N(Cc2c(Cl)cccc2Cl)[C@@H](Cc2ccccc2)C(=O)NC2CCCC2)c2cccc(C)c2)cc1. The number of halogens is 2. The van der Waals surface area contributed by atoms with E-state index in [0.717, 1.165) is 46.7 Å². The molecule has 7 nitrogen and oxygen atoms in total. The molecule has 1 aliphatic rings. The molecule has 5 rings (SSSR count). The molecular weight excluding hydrogens is 653 g/mol. The number of aryl methyl sites for hydroxylation is 2. The highest BCUT2D eigenvalue weighted by Crippen LogP contribution is 2.30. The Morgan fingerprint density at radius 1 is 0.830 bits per heavy atom. The minimum atomic E-state index is -4.20. The van der Waals surface area contributed by atoms with Crippen LogP contribution in [0.15, 0.2) is 102 Å². The third kappa shape index (κ3) is 8.55. The molecule has 1 aliphatic carbocycles. The first-order chi connectivity index (χ1) is 22.5. The molecule has 10 heteroatoms.